The van der Waals surface area contributed by atoms with Crippen molar-refractivity contribution < 1.29 is 22.4 Å². The number of hydrogen-bond acceptors (Lipinski definition) is 4. The molecule has 3 aromatic rings. The van der Waals surface area contributed by atoms with Gasteiger partial charge in [0.2, 0.25) is 11.8 Å². The predicted octanol–water partition coefficient (Wildman–Crippen LogP) is 5.27. The Morgan fingerprint density at radius 1 is 0.921 bits per heavy atom. The fraction of sp³-hybridized carbons (Fsp3) is 0.259. The van der Waals surface area contributed by atoms with Gasteiger partial charge in [-0.2, -0.15) is 0 Å². The molecule has 0 heterocycles. The van der Waals surface area contributed by atoms with Crippen LogP contribution < -0.4 is 9.62 Å². The number of sulfonamides is 1. The summed E-state index contributed by atoms with van der Waals surface area (Å²) in [5.41, 5.74) is 0.659. The molecule has 0 aliphatic carbocycles. The van der Waals surface area contributed by atoms with Gasteiger partial charge in [0, 0.05) is 28.7 Å². The Balaban J connectivity index is 2.07. The van der Waals surface area contributed by atoms with E-state index in [2.05, 4.69) is 5.32 Å². The van der Waals surface area contributed by atoms with Crippen LogP contribution in [0.1, 0.15) is 25.8 Å². The number of benzene rings is 3. The molecule has 0 saturated heterocycles. The van der Waals surface area contributed by atoms with Gasteiger partial charge in [-0.1, -0.05) is 54.4 Å². The number of rotatable bonds is 11. The summed E-state index contributed by atoms with van der Waals surface area (Å²) in [6, 6.07) is 16.4. The average molecular weight is 581 g/mol. The summed E-state index contributed by atoms with van der Waals surface area (Å²) in [5.74, 6) is -1.63. The number of amides is 2. The van der Waals surface area contributed by atoms with Crippen LogP contribution in [0.4, 0.5) is 10.1 Å². The molecule has 202 valence electrons. The maximum atomic E-state index is 13.9. The molecule has 1 N–H and O–H groups in total. The van der Waals surface area contributed by atoms with Crippen molar-refractivity contribution in [1.29, 1.82) is 0 Å². The van der Waals surface area contributed by atoms with Gasteiger partial charge in [0.1, 0.15) is 18.4 Å². The highest BCUT2D eigenvalue weighted by Crippen LogP contribution is 2.28. The molecule has 0 aliphatic heterocycles. The second-order valence-electron chi connectivity index (χ2n) is 8.34. The van der Waals surface area contributed by atoms with E-state index < -0.39 is 34.3 Å². The lowest BCUT2D eigenvalue weighted by atomic mass is 10.1. The van der Waals surface area contributed by atoms with Crippen molar-refractivity contribution in [2.45, 2.75) is 37.8 Å². The van der Waals surface area contributed by atoms with E-state index >= 15 is 0 Å². The van der Waals surface area contributed by atoms with Gasteiger partial charge in [0.25, 0.3) is 10.0 Å². The van der Waals surface area contributed by atoms with Crippen molar-refractivity contribution in [3.05, 3.63) is 94.2 Å². The summed E-state index contributed by atoms with van der Waals surface area (Å²) >= 11 is 12.7. The lowest BCUT2D eigenvalue weighted by molar-refractivity contribution is -0.140. The maximum absolute atomic E-state index is 13.9. The first kappa shape index (κ1) is 29.4. The summed E-state index contributed by atoms with van der Waals surface area (Å²) in [7, 11) is -4.29. The van der Waals surface area contributed by atoms with Gasteiger partial charge < -0.3 is 10.2 Å². The van der Waals surface area contributed by atoms with Crippen molar-refractivity contribution in [1.82, 2.24) is 10.2 Å². The molecule has 2 amide bonds. The summed E-state index contributed by atoms with van der Waals surface area (Å²) in [4.78, 5) is 27.9. The maximum Gasteiger partial charge on any atom is 0.264 e. The van der Waals surface area contributed by atoms with Gasteiger partial charge >= 0.3 is 0 Å². The van der Waals surface area contributed by atoms with Crippen LogP contribution in [-0.4, -0.2) is 44.3 Å². The molecular weight excluding hydrogens is 552 g/mol. The van der Waals surface area contributed by atoms with Gasteiger partial charge in [0.15, 0.2) is 0 Å². The van der Waals surface area contributed by atoms with E-state index in [1.807, 2.05) is 0 Å². The number of anilines is 1. The molecule has 0 spiro atoms. The van der Waals surface area contributed by atoms with Crippen LogP contribution in [0.2, 0.25) is 10.0 Å². The molecule has 0 fully saturated rings. The number of nitrogens with zero attached hydrogens (tertiary/aromatic N) is 2. The van der Waals surface area contributed by atoms with Gasteiger partial charge in [-0.3, -0.25) is 13.9 Å². The van der Waals surface area contributed by atoms with Crippen molar-refractivity contribution in [3.63, 3.8) is 0 Å². The third-order valence-electron chi connectivity index (χ3n) is 5.85. The minimum Gasteiger partial charge on any atom is -0.355 e. The Hall–Kier alpha value is -3.14. The number of nitrogens with one attached hydrogen (secondary N) is 1. The summed E-state index contributed by atoms with van der Waals surface area (Å²) in [6.07, 6.45) is 0.260. The van der Waals surface area contributed by atoms with Gasteiger partial charge in [-0.25, -0.2) is 12.8 Å². The highest BCUT2D eigenvalue weighted by atomic mass is 35.5. The fourth-order valence-electron chi connectivity index (χ4n) is 3.92. The van der Waals surface area contributed by atoms with Crippen LogP contribution in [0, 0.1) is 5.82 Å². The number of carbonyl (C=O) groups excluding carboxylic acids is 2. The lowest BCUT2D eigenvalue weighted by Gasteiger charge is -2.33. The molecule has 0 unspecified atom stereocenters. The monoisotopic (exact) mass is 579 g/mol. The second-order valence-corrected chi connectivity index (χ2v) is 11.0. The molecule has 0 aromatic heterocycles. The van der Waals surface area contributed by atoms with E-state index in [1.54, 1.807) is 62.4 Å². The lowest BCUT2D eigenvalue weighted by Crippen LogP contribution is -2.52. The van der Waals surface area contributed by atoms with Crippen molar-refractivity contribution in [3.8, 4) is 0 Å². The van der Waals surface area contributed by atoms with E-state index in [0.717, 1.165) is 28.6 Å². The SMILES string of the molecule is CCNC(=O)[C@H](CC)N(Cc1c(Cl)cccc1Cl)C(=O)CN(c1ccccc1)S(=O)(=O)c1ccc(F)cc1. The molecule has 3 aromatic carbocycles. The standard InChI is InChI=1S/C27H28Cl2FN3O4S/c1-3-25(27(35)31-4-2)32(17-22-23(28)11-8-12-24(22)29)26(34)18-33(20-9-6-5-7-10-20)38(36,37)21-15-13-19(30)14-16-21/h5-16,25H,3-4,17-18H2,1-2H3,(H,31,35)/t25-/m0/s1. The molecule has 38 heavy (non-hydrogen) atoms. The molecule has 0 bridgehead atoms. The Labute approximate surface area is 232 Å². The molecule has 0 saturated carbocycles. The Kier molecular flexibility index (Phi) is 10.1. The minimum absolute atomic E-state index is 0.119. The largest absolute Gasteiger partial charge is 0.355 e. The number of likely N-dealkylation sites (N-methyl/N-ethyl adjacent to an activating group) is 1. The molecule has 11 heteroatoms. The van der Waals surface area contributed by atoms with Crippen LogP contribution in [-0.2, 0) is 26.2 Å². The second kappa shape index (κ2) is 13.1. The zero-order valence-electron chi connectivity index (χ0n) is 20.9. The molecular formula is C27H28Cl2FN3O4S. The van der Waals surface area contributed by atoms with Gasteiger partial charge in [-0.15, -0.1) is 0 Å². The van der Waals surface area contributed by atoms with Gasteiger partial charge in [-0.05, 0) is 61.9 Å². The average Bonchev–Trinajstić information content (AvgIpc) is 2.89. The third kappa shape index (κ3) is 6.83. The first-order valence-electron chi connectivity index (χ1n) is 11.9. The number of halogens is 3. The molecule has 1 atom stereocenters. The summed E-state index contributed by atoms with van der Waals surface area (Å²) < 4.78 is 41.8. The highest BCUT2D eigenvalue weighted by Gasteiger charge is 2.34. The quantitative estimate of drug-likeness (QED) is 0.335. The zero-order valence-corrected chi connectivity index (χ0v) is 23.2. The number of carbonyl (C=O) groups is 2. The normalized spacial score (nSPS) is 12.0. The number of hydrogen-bond donors (Lipinski definition) is 1. The van der Waals surface area contributed by atoms with Crippen LogP contribution in [0.25, 0.3) is 0 Å². The van der Waals surface area contributed by atoms with Crippen LogP contribution in [0.5, 0.6) is 0 Å². The van der Waals surface area contributed by atoms with Crippen molar-refractivity contribution >= 4 is 50.7 Å². The van der Waals surface area contributed by atoms with E-state index in [1.165, 1.54) is 4.90 Å². The first-order valence-corrected chi connectivity index (χ1v) is 14.1. The summed E-state index contributed by atoms with van der Waals surface area (Å²) in [5, 5.41) is 3.34. The van der Waals surface area contributed by atoms with Gasteiger partial charge in [0.05, 0.1) is 10.6 Å². The van der Waals surface area contributed by atoms with Crippen LogP contribution >= 0.6 is 23.2 Å². The van der Waals surface area contributed by atoms with Crippen LogP contribution in [0.15, 0.2) is 77.7 Å². The molecule has 3 rings (SSSR count). The third-order valence-corrected chi connectivity index (χ3v) is 8.35. The predicted molar refractivity (Wildman–Crippen MR) is 147 cm³/mol. The Bertz CT molecular complexity index is 1350. The first-order chi connectivity index (χ1) is 18.1. The minimum atomic E-state index is -4.29. The van der Waals surface area contributed by atoms with E-state index in [4.69, 9.17) is 23.2 Å². The molecule has 7 nitrogen and oxygen atoms in total. The van der Waals surface area contributed by atoms with E-state index in [0.29, 0.717) is 22.2 Å². The highest BCUT2D eigenvalue weighted by molar-refractivity contribution is 7.92. The Morgan fingerprint density at radius 3 is 2.08 bits per heavy atom. The van der Waals surface area contributed by atoms with Crippen molar-refractivity contribution in [2.24, 2.45) is 0 Å². The smallest absolute Gasteiger partial charge is 0.264 e. The fourth-order valence-corrected chi connectivity index (χ4v) is 5.85. The Morgan fingerprint density at radius 2 is 1.53 bits per heavy atom. The molecule has 0 aliphatic rings. The van der Waals surface area contributed by atoms with Crippen LogP contribution in [0.3, 0.4) is 0 Å². The molecule has 0 radical (unpaired) electrons. The topological polar surface area (TPSA) is 86.8 Å². The van der Waals surface area contributed by atoms with E-state index in [9.17, 15) is 22.4 Å². The summed E-state index contributed by atoms with van der Waals surface area (Å²) in [6.45, 7) is 3.11. The van der Waals surface area contributed by atoms with E-state index in [-0.39, 0.29) is 29.5 Å². The number of para-hydroxylation sites is 1. The zero-order chi connectivity index (χ0) is 27.9. The van der Waals surface area contributed by atoms with Crippen molar-refractivity contribution in [2.75, 3.05) is 17.4 Å².